The zero-order valence-electron chi connectivity index (χ0n) is 77.1. The number of hydrogen-bond donors (Lipinski definition) is 3. The van der Waals surface area contributed by atoms with Crippen molar-refractivity contribution in [2.24, 2.45) is 23.7 Å². The van der Waals surface area contributed by atoms with Crippen molar-refractivity contribution < 1.29 is 4.74 Å². The van der Waals surface area contributed by atoms with Gasteiger partial charge >= 0.3 is 0 Å². The van der Waals surface area contributed by atoms with Gasteiger partial charge in [-0.15, -0.1) is 0 Å². The van der Waals surface area contributed by atoms with Crippen LogP contribution in [-0.2, 0) is 4.74 Å². The van der Waals surface area contributed by atoms with Crippen LogP contribution in [0.4, 0.5) is 0 Å². The molecular weight excluding hydrogens is 1210 g/mol. The number of nitrogens with one attached hydrogen (secondary N) is 3. The number of likely N-dealkylation sites (tertiary alicyclic amines) is 6. The molecule has 12 fully saturated rings. The van der Waals surface area contributed by atoms with Crippen molar-refractivity contribution >= 4 is 0 Å². The molecule has 0 bridgehead atoms. The van der Waals surface area contributed by atoms with Gasteiger partial charge in [-0.25, -0.2) is 0 Å². The second-order valence-corrected chi connectivity index (χ2v) is 32.5. The number of fused-ring (bicyclic) bond motifs is 5. The lowest BCUT2D eigenvalue weighted by atomic mass is 9.94. The molecule has 3 N–H and O–H groups in total. The second kappa shape index (κ2) is 59.6. The summed E-state index contributed by atoms with van der Waals surface area (Å²) in [4.78, 5) is 15.9. The third-order valence-corrected chi connectivity index (χ3v) is 21.1. The van der Waals surface area contributed by atoms with E-state index in [1.165, 1.54) is 168 Å². The monoisotopic (exact) mass is 1410 g/mol. The van der Waals surface area contributed by atoms with Crippen LogP contribution in [0, 0.1) is 23.7 Å². The fraction of sp³-hybridized carbons (Fsp3) is 1.00. The number of ether oxygens (including phenoxy) is 1. The van der Waals surface area contributed by atoms with Gasteiger partial charge in [0.1, 0.15) is 0 Å². The van der Waals surface area contributed by atoms with Crippen molar-refractivity contribution in [1.82, 2.24) is 45.3 Å². The molecule has 3 aliphatic carbocycles. The highest BCUT2D eigenvalue weighted by Gasteiger charge is 2.46. The van der Waals surface area contributed by atoms with Crippen LogP contribution in [0.1, 0.15) is 400 Å². The minimum absolute atomic E-state index is 0.280. The molecular formula is C89H199N9O. The molecule has 9 heterocycles. The van der Waals surface area contributed by atoms with E-state index in [-0.39, 0.29) is 5.54 Å². The largest absolute Gasteiger partial charge is 0.374 e. The third kappa shape index (κ3) is 39.3. The van der Waals surface area contributed by atoms with Crippen LogP contribution in [0.15, 0.2) is 0 Å². The minimum Gasteiger partial charge on any atom is -0.374 e. The Bertz CT molecular complexity index is 1530. The van der Waals surface area contributed by atoms with Crippen molar-refractivity contribution in [3.05, 3.63) is 0 Å². The van der Waals surface area contributed by atoms with E-state index in [4.69, 9.17) is 4.74 Å². The first-order valence-corrected chi connectivity index (χ1v) is 44.3. The molecule has 9 aliphatic heterocycles. The average molecular weight is 1410 g/mol. The Kier molecular flexibility index (Phi) is 66.0. The number of hydrogen-bond acceptors (Lipinski definition) is 10. The van der Waals surface area contributed by atoms with E-state index < -0.39 is 0 Å². The summed E-state index contributed by atoms with van der Waals surface area (Å²) in [5.41, 5.74) is 2.71. The van der Waals surface area contributed by atoms with E-state index in [0.29, 0.717) is 45.4 Å². The van der Waals surface area contributed by atoms with Gasteiger partial charge in [0.15, 0.2) is 0 Å². The normalized spacial score (nSPS) is 28.5. The van der Waals surface area contributed by atoms with Crippen LogP contribution in [0.5, 0.6) is 0 Å². The lowest BCUT2D eigenvalue weighted by molar-refractivity contribution is 0.0145. The number of morpholine rings is 1. The molecule has 10 heteroatoms. The Labute approximate surface area is 630 Å². The summed E-state index contributed by atoms with van der Waals surface area (Å²) in [6.07, 6.45) is 25.0. The number of rotatable bonds is 0. The maximum atomic E-state index is 5.72. The molecule has 3 saturated carbocycles. The molecule has 1 spiro atoms. The summed E-state index contributed by atoms with van der Waals surface area (Å²) >= 11 is 0. The van der Waals surface area contributed by atoms with Crippen LogP contribution in [-0.4, -0.2) is 190 Å². The van der Waals surface area contributed by atoms with Crippen LogP contribution < -0.4 is 16.0 Å². The third-order valence-electron chi connectivity index (χ3n) is 21.1. The summed E-state index contributed by atoms with van der Waals surface area (Å²) in [5, 5.41) is 10.9. The van der Waals surface area contributed by atoms with Gasteiger partial charge in [-0.3, -0.25) is 29.4 Å². The standard InChI is InChI=1S/2C11H22N2.3C11H21N.C10H20N2O.12C2H6/c1-10(2,3)13-8-6-11(9-13)5-4-7-12-11;1-11(2,3)13-7-9-5-4-6-12-10(9)8-13;3*1-11(2,3)12-8-7-9-5-4-6-10(9)12;1-10(2,3)12-6-8-9(7-12)13-5-4-11-8;12*1-2/h12H,4-9H2,1-3H3;9-10,12H,4-8H2,1-3H3;3*9-10H,4-8H2,1-3H3;8-9,11H,4-7H2,1-3H3;12*1-2H3. The van der Waals surface area contributed by atoms with Gasteiger partial charge in [0.2, 0.25) is 0 Å². The molecule has 606 valence electrons. The molecule has 0 amide bonds. The highest BCUT2D eigenvalue weighted by Crippen LogP contribution is 2.43. The number of nitrogens with zero attached hydrogens (tertiary/aromatic N) is 6. The SMILES string of the molecule is CC.CC.CC.CC.CC.CC.CC.CC.CC.CC.CC.CC.CC(C)(C)N1CC2CCCNC2C1.CC(C)(C)N1CC2NCCOC2C1.CC(C)(C)N1CCC2(CCCN2)C1.CC(C)(C)N1CCC2CCCC21.CC(C)(C)N1CCC2CCCC21.CC(C)(C)N1CCC2CCCC21. The molecule has 99 heavy (non-hydrogen) atoms. The Morgan fingerprint density at radius 2 is 0.626 bits per heavy atom. The molecule has 10 nitrogen and oxygen atoms in total. The maximum Gasteiger partial charge on any atom is 0.0867 e. The molecule has 0 aromatic rings. The quantitative estimate of drug-likeness (QED) is 0.219. The Morgan fingerprint density at radius 3 is 0.929 bits per heavy atom. The molecule has 12 aliphatic rings. The molecule has 0 radical (unpaired) electrons. The van der Waals surface area contributed by atoms with Crippen molar-refractivity contribution in [2.75, 3.05) is 85.1 Å². The maximum absolute atomic E-state index is 5.72. The van der Waals surface area contributed by atoms with E-state index in [1.54, 1.807) is 0 Å². The Balaban J connectivity index is -0.000000247. The molecule has 0 aromatic carbocycles. The van der Waals surface area contributed by atoms with Crippen LogP contribution in [0.3, 0.4) is 0 Å². The predicted octanol–water partition coefficient (Wildman–Crippen LogP) is 23.8. The molecule has 11 unspecified atom stereocenters. The molecule has 11 atom stereocenters. The fourth-order valence-corrected chi connectivity index (χ4v) is 16.6. The van der Waals surface area contributed by atoms with E-state index in [9.17, 15) is 0 Å². The zero-order chi connectivity index (χ0) is 78.8. The van der Waals surface area contributed by atoms with Crippen molar-refractivity contribution in [3.63, 3.8) is 0 Å². The van der Waals surface area contributed by atoms with Gasteiger partial charge in [0.05, 0.1) is 12.7 Å². The van der Waals surface area contributed by atoms with Crippen molar-refractivity contribution in [1.29, 1.82) is 0 Å². The Morgan fingerprint density at radius 1 is 0.293 bits per heavy atom. The minimum atomic E-state index is 0.280. The predicted molar refractivity (Wildman–Crippen MR) is 457 cm³/mol. The van der Waals surface area contributed by atoms with Gasteiger partial charge < -0.3 is 20.7 Å². The Hall–Kier alpha value is -0.400. The lowest BCUT2D eigenvalue weighted by Gasteiger charge is -2.36. The van der Waals surface area contributed by atoms with Crippen LogP contribution in [0.25, 0.3) is 0 Å². The fourth-order valence-electron chi connectivity index (χ4n) is 16.6. The highest BCUT2D eigenvalue weighted by atomic mass is 16.5. The van der Waals surface area contributed by atoms with E-state index in [2.05, 4.69) is 170 Å². The molecule has 0 aromatic heterocycles. The van der Waals surface area contributed by atoms with E-state index >= 15 is 0 Å². The first-order valence-electron chi connectivity index (χ1n) is 44.3. The first-order chi connectivity index (χ1) is 46.9. The van der Waals surface area contributed by atoms with Gasteiger partial charge in [0, 0.05) is 115 Å². The van der Waals surface area contributed by atoms with Gasteiger partial charge in [-0.1, -0.05) is 185 Å². The summed E-state index contributed by atoms with van der Waals surface area (Å²) in [7, 11) is 0. The summed E-state index contributed by atoms with van der Waals surface area (Å²) in [5.74, 6) is 4.06. The number of piperidine rings is 1. The smallest absolute Gasteiger partial charge is 0.0867 e. The average Bonchev–Trinajstić information content (AvgIpc) is 1.69. The highest BCUT2D eigenvalue weighted by molar-refractivity contribution is 5.04. The summed E-state index contributed by atoms with van der Waals surface area (Å²) in [6, 6.07) is 4.15. The van der Waals surface area contributed by atoms with Gasteiger partial charge in [0.25, 0.3) is 0 Å². The molecule has 9 saturated heterocycles. The van der Waals surface area contributed by atoms with Crippen LogP contribution in [0.2, 0.25) is 0 Å². The first kappa shape index (κ1) is 110. The zero-order valence-corrected chi connectivity index (χ0v) is 77.1. The summed E-state index contributed by atoms with van der Waals surface area (Å²) in [6.45, 7) is 106. The lowest BCUT2D eigenvalue weighted by Crippen LogP contribution is -2.47. The van der Waals surface area contributed by atoms with Gasteiger partial charge in [-0.05, 0) is 271 Å². The van der Waals surface area contributed by atoms with E-state index in [0.717, 1.165) is 74.1 Å². The van der Waals surface area contributed by atoms with Crippen molar-refractivity contribution in [3.8, 4) is 0 Å². The summed E-state index contributed by atoms with van der Waals surface area (Å²) < 4.78 is 5.72. The second-order valence-electron chi connectivity index (χ2n) is 32.5. The van der Waals surface area contributed by atoms with E-state index in [1.807, 2.05) is 166 Å². The topological polar surface area (TPSA) is 64.8 Å². The molecule has 12 rings (SSSR count). The van der Waals surface area contributed by atoms with Crippen LogP contribution >= 0.6 is 0 Å². The van der Waals surface area contributed by atoms with Gasteiger partial charge in [-0.2, -0.15) is 0 Å². The van der Waals surface area contributed by atoms with Crippen molar-refractivity contribution in [2.45, 2.75) is 475 Å².